The van der Waals surface area contributed by atoms with Crippen molar-refractivity contribution < 1.29 is 19.1 Å². The predicted molar refractivity (Wildman–Crippen MR) is 121 cm³/mol. The highest BCUT2D eigenvalue weighted by atomic mass is 16.6. The Hall–Kier alpha value is -1.06. The van der Waals surface area contributed by atoms with Gasteiger partial charge < -0.3 is 9.47 Å². The van der Waals surface area contributed by atoms with E-state index in [2.05, 4.69) is 13.8 Å². The summed E-state index contributed by atoms with van der Waals surface area (Å²) >= 11 is 0. The lowest BCUT2D eigenvalue weighted by Crippen LogP contribution is -2.35. The number of esters is 2. The zero-order valence-electron chi connectivity index (χ0n) is 20.0. The second kappa shape index (κ2) is 18.9. The molecule has 172 valence electrons. The molecule has 0 heterocycles. The van der Waals surface area contributed by atoms with E-state index < -0.39 is 12.1 Å². The Bertz CT molecular complexity index is 390. The second-order valence-electron chi connectivity index (χ2n) is 8.66. The van der Waals surface area contributed by atoms with Crippen LogP contribution >= 0.6 is 0 Å². The van der Waals surface area contributed by atoms with Crippen LogP contribution in [0.5, 0.6) is 0 Å². The van der Waals surface area contributed by atoms with Crippen LogP contribution in [-0.4, -0.2) is 24.6 Å². The molecule has 1 unspecified atom stereocenters. The molecule has 0 fully saturated rings. The van der Waals surface area contributed by atoms with E-state index in [0.717, 1.165) is 25.7 Å². The molecule has 0 aromatic carbocycles. The van der Waals surface area contributed by atoms with Gasteiger partial charge in [0.25, 0.3) is 0 Å². The van der Waals surface area contributed by atoms with Crippen LogP contribution in [-0.2, 0) is 19.1 Å². The van der Waals surface area contributed by atoms with E-state index in [0.29, 0.717) is 6.61 Å². The standard InChI is InChI=1S/C25H48O4/c1-6-9-11-13-15-17-19-22(20-18-16-14-12-10-7-2)24(26)29-23(21(4)5)25(27)28-8-3/h21-23H,6-20H2,1-5H3. The fourth-order valence-corrected chi connectivity index (χ4v) is 3.62. The fourth-order valence-electron chi connectivity index (χ4n) is 3.62. The zero-order chi connectivity index (χ0) is 21.9. The number of carbonyl (C=O) groups excluding carboxylic acids is 2. The van der Waals surface area contributed by atoms with Gasteiger partial charge in [-0.2, -0.15) is 0 Å². The van der Waals surface area contributed by atoms with Gasteiger partial charge in [0.15, 0.2) is 0 Å². The van der Waals surface area contributed by atoms with Gasteiger partial charge in [-0.15, -0.1) is 0 Å². The van der Waals surface area contributed by atoms with Gasteiger partial charge in [-0.05, 0) is 19.8 Å². The van der Waals surface area contributed by atoms with Crippen LogP contribution in [0.15, 0.2) is 0 Å². The maximum Gasteiger partial charge on any atom is 0.347 e. The number of carbonyl (C=O) groups is 2. The van der Waals surface area contributed by atoms with Gasteiger partial charge in [0.05, 0.1) is 12.5 Å². The number of rotatable bonds is 19. The van der Waals surface area contributed by atoms with Crippen LogP contribution in [0.1, 0.15) is 125 Å². The Morgan fingerprint density at radius 1 is 0.655 bits per heavy atom. The molecule has 29 heavy (non-hydrogen) atoms. The van der Waals surface area contributed by atoms with Crippen molar-refractivity contribution in [3.05, 3.63) is 0 Å². The molecule has 1 atom stereocenters. The summed E-state index contributed by atoms with van der Waals surface area (Å²) in [5, 5.41) is 0. The minimum Gasteiger partial charge on any atom is -0.463 e. The smallest absolute Gasteiger partial charge is 0.347 e. The molecule has 0 aliphatic rings. The molecule has 0 spiro atoms. The summed E-state index contributed by atoms with van der Waals surface area (Å²) in [4.78, 5) is 25.0. The van der Waals surface area contributed by atoms with Crippen molar-refractivity contribution in [3.63, 3.8) is 0 Å². The van der Waals surface area contributed by atoms with Crippen LogP contribution < -0.4 is 0 Å². The maximum absolute atomic E-state index is 12.9. The molecule has 0 aliphatic carbocycles. The van der Waals surface area contributed by atoms with E-state index in [9.17, 15) is 9.59 Å². The van der Waals surface area contributed by atoms with Crippen molar-refractivity contribution in [2.75, 3.05) is 6.61 Å². The second-order valence-corrected chi connectivity index (χ2v) is 8.66. The van der Waals surface area contributed by atoms with Crippen LogP contribution in [0.4, 0.5) is 0 Å². The van der Waals surface area contributed by atoms with E-state index in [4.69, 9.17) is 9.47 Å². The van der Waals surface area contributed by atoms with E-state index in [1.54, 1.807) is 6.92 Å². The molecule has 0 saturated heterocycles. The first kappa shape index (κ1) is 27.9. The number of unbranched alkanes of at least 4 members (excludes halogenated alkanes) is 10. The Labute approximate surface area is 180 Å². The molecule has 0 amide bonds. The lowest BCUT2D eigenvalue weighted by atomic mass is 9.94. The van der Waals surface area contributed by atoms with E-state index in [1.807, 2.05) is 13.8 Å². The highest BCUT2D eigenvalue weighted by Gasteiger charge is 2.30. The van der Waals surface area contributed by atoms with Crippen molar-refractivity contribution in [3.8, 4) is 0 Å². The molecular weight excluding hydrogens is 364 g/mol. The lowest BCUT2D eigenvalue weighted by molar-refractivity contribution is -0.173. The third-order valence-corrected chi connectivity index (χ3v) is 5.51. The summed E-state index contributed by atoms with van der Waals surface area (Å²) in [6.07, 6.45) is 15.5. The highest BCUT2D eigenvalue weighted by molar-refractivity contribution is 5.80. The first-order valence-corrected chi connectivity index (χ1v) is 12.3. The van der Waals surface area contributed by atoms with Crippen LogP contribution in [0.2, 0.25) is 0 Å². The molecule has 0 saturated carbocycles. The molecule has 0 bridgehead atoms. The summed E-state index contributed by atoms with van der Waals surface area (Å²) < 4.78 is 10.8. The number of ether oxygens (including phenoxy) is 2. The topological polar surface area (TPSA) is 52.6 Å². The normalized spacial score (nSPS) is 12.4. The Balaban J connectivity index is 4.63. The average molecular weight is 413 g/mol. The molecule has 0 aromatic rings. The summed E-state index contributed by atoms with van der Waals surface area (Å²) in [5.41, 5.74) is 0. The van der Waals surface area contributed by atoms with Crippen molar-refractivity contribution in [1.29, 1.82) is 0 Å². The van der Waals surface area contributed by atoms with Crippen molar-refractivity contribution in [2.45, 2.75) is 131 Å². The van der Waals surface area contributed by atoms with Crippen LogP contribution in [0, 0.1) is 11.8 Å². The van der Waals surface area contributed by atoms with E-state index in [-0.39, 0.29) is 17.8 Å². The molecule has 0 radical (unpaired) electrons. The Morgan fingerprint density at radius 2 is 1.10 bits per heavy atom. The quantitative estimate of drug-likeness (QED) is 0.166. The minimum atomic E-state index is -0.793. The van der Waals surface area contributed by atoms with Crippen molar-refractivity contribution >= 4 is 11.9 Å². The average Bonchev–Trinajstić information content (AvgIpc) is 2.69. The zero-order valence-corrected chi connectivity index (χ0v) is 20.0. The van der Waals surface area contributed by atoms with Gasteiger partial charge in [-0.25, -0.2) is 4.79 Å². The van der Waals surface area contributed by atoms with Gasteiger partial charge in [0.1, 0.15) is 0 Å². The molecule has 4 heteroatoms. The van der Waals surface area contributed by atoms with Gasteiger partial charge in [-0.3, -0.25) is 4.79 Å². The molecule has 0 aromatic heterocycles. The van der Waals surface area contributed by atoms with Gasteiger partial charge in [-0.1, -0.05) is 105 Å². The lowest BCUT2D eigenvalue weighted by Gasteiger charge is -2.23. The summed E-state index contributed by atoms with van der Waals surface area (Å²) in [7, 11) is 0. The SMILES string of the molecule is CCCCCCCCC(CCCCCCCC)C(=O)OC(C(=O)OCC)C(C)C. The first-order chi connectivity index (χ1) is 14.0. The maximum atomic E-state index is 12.9. The Morgan fingerprint density at radius 3 is 1.52 bits per heavy atom. The molecular formula is C25H48O4. The van der Waals surface area contributed by atoms with Gasteiger partial charge in [0, 0.05) is 5.92 Å². The van der Waals surface area contributed by atoms with E-state index >= 15 is 0 Å². The van der Waals surface area contributed by atoms with Crippen molar-refractivity contribution in [1.82, 2.24) is 0 Å². The molecule has 0 rings (SSSR count). The first-order valence-electron chi connectivity index (χ1n) is 12.3. The number of hydrogen-bond acceptors (Lipinski definition) is 4. The third kappa shape index (κ3) is 14.5. The predicted octanol–water partition coefficient (Wildman–Crippen LogP) is 7.23. The largest absolute Gasteiger partial charge is 0.463 e. The Kier molecular flexibility index (Phi) is 18.2. The molecule has 4 nitrogen and oxygen atoms in total. The monoisotopic (exact) mass is 412 g/mol. The summed E-state index contributed by atoms with van der Waals surface area (Å²) in [5.74, 6) is -0.808. The molecule has 0 aliphatic heterocycles. The third-order valence-electron chi connectivity index (χ3n) is 5.51. The van der Waals surface area contributed by atoms with E-state index in [1.165, 1.54) is 64.2 Å². The summed E-state index contributed by atoms with van der Waals surface area (Å²) in [6.45, 7) is 10.3. The fraction of sp³-hybridized carbons (Fsp3) is 0.920. The summed E-state index contributed by atoms with van der Waals surface area (Å²) in [6, 6.07) is 0. The van der Waals surface area contributed by atoms with Gasteiger partial charge >= 0.3 is 11.9 Å². The number of hydrogen-bond donors (Lipinski definition) is 0. The van der Waals surface area contributed by atoms with Gasteiger partial charge in [0.2, 0.25) is 6.10 Å². The van der Waals surface area contributed by atoms with Crippen LogP contribution in [0.25, 0.3) is 0 Å². The molecule has 0 N–H and O–H groups in total. The van der Waals surface area contributed by atoms with Crippen molar-refractivity contribution in [2.24, 2.45) is 11.8 Å². The highest BCUT2D eigenvalue weighted by Crippen LogP contribution is 2.22. The minimum absolute atomic E-state index is 0.0817. The van der Waals surface area contributed by atoms with Crippen LogP contribution in [0.3, 0.4) is 0 Å².